The van der Waals surface area contributed by atoms with E-state index in [-0.39, 0.29) is 5.91 Å². The van der Waals surface area contributed by atoms with E-state index in [0.717, 1.165) is 19.4 Å². The number of nitrogens with zero attached hydrogens (tertiary/aromatic N) is 2. The van der Waals surface area contributed by atoms with Crippen LogP contribution in [0.25, 0.3) is 0 Å². The average molecular weight is 194 g/mol. The largest absolute Gasteiger partial charge is 0.370 e. The van der Waals surface area contributed by atoms with Gasteiger partial charge in [-0.15, -0.1) is 0 Å². The second-order valence-electron chi connectivity index (χ2n) is 2.92. The van der Waals surface area contributed by atoms with Crippen LogP contribution in [0.3, 0.4) is 0 Å². The van der Waals surface area contributed by atoms with Crippen molar-refractivity contribution in [2.75, 3.05) is 11.9 Å². The SMILES string of the molecule is NC(=O)CCCCNc1ncccn1. The zero-order valence-electron chi connectivity index (χ0n) is 7.94. The van der Waals surface area contributed by atoms with Gasteiger partial charge in [-0.2, -0.15) is 0 Å². The van der Waals surface area contributed by atoms with Crippen LogP contribution in [0.1, 0.15) is 19.3 Å². The van der Waals surface area contributed by atoms with E-state index in [1.807, 2.05) is 0 Å². The predicted octanol–water partition coefficient (Wildman–Crippen LogP) is 0.544. The molecule has 0 radical (unpaired) electrons. The number of primary amides is 1. The zero-order valence-corrected chi connectivity index (χ0v) is 7.94. The Kier molecular flexibility index (Phi) is 4.40. The number of rotatable bonds is 6. The van der Waals surface area contributed by atoms with Crippen LogP contribution in [-0.2, 0) is 4.79 Å². The lowest BCUT2D eigenvalue weighted by Crippen LogP contribution is -2.11. The summed E-state index contributed by atoms with van der Waals surface area (Å²) in [4.78, 5) is 18.4. The normalized spacial score (nSPS) is 9.71. The van der Waals surface area contributed by atoms with Crippen molar-refractivity contribution in [2.24, 2.45) is 5.73 Å². The number of unbranched alkanes of at least 4 members (excludes halogenated alkanes) is 1. The highest BCUT2D eigenvalue weighted by atomic mass is 16.1. The molecule has 0 spiro atoms. The highest BCUT2D eigenvalue weighted by Gasteiger charge is 1.95. The van der Waals surface area contributed by atoms with Crippen LogP contribution in [-0.4, -0.2) is 22.4 Å². The van der Waals surface area contributed by atoms with E-state index in [0.29, 0.717) is 12.4 Å². The quantitative estimate of drug-likeness (QED) is 0.648. The molecule has 5 nitrogen and oxygen atoms in total. The predicted molar refractivity (Wildman–Crippen MR) is 53.6 cm³/mol. The third-order valence-corrected chi connectivity index (χ3v) is 1.70. The first-order valence-electron chi connectivity index (χ1n) is 4.58. The van der Waals surface area contributed by atoms with Gasteiger partial charge in [-0.05, 0) is 18.9 Å². The molecule has 1 amide bonds. The molecule has 0 atom stereocenters. The van der Waals surface area contributed by atoms with Crippen molar-refractivity contribution in [3.05, 3.63) is 18.5 Å². The first kappa shape index (κ1) is 10.4. The van der Waals surface area contributed by atoms with Gasteiger partial charge >= 0.3 is 0 Å². The maximum atomic E-state index is 10.4. The lowest BCUT2D eigenvalue weighted by molar-refractivity contribution is -0.118. The van der Waals surface area contributed by atoms with Gasteiger partial charge in [0, 0.05) is 25.4 Å². The number of carbonyl (C=O) groups is 1. The highest BCUT2D eigenvalue weighted by Crippen LogP contribution is 1.97. The minimum absolute atomic E-state index is 0.249. The fraction of sp³-hybridized carbons (Fsp3) is 0.444. The van der Waals surface area contributed by atoms with Gasteiger partial charge in [0.05, 0.1) is 0 Å². The Balaban J connectivity index is 2.08. The average Bonchev–Trinajstić information content (AvgIpc) is 2.18. The third kappa shape index (κ3) is 4.39. The van der Waals surface area contributed by atoms with E-state index >= 15 is 0 Å². The Morgan fingerprint density at radius 3 is 2.71 bits per heavy atom. The van der Waals surface area contributed by atoms with Crippen LogP contribution < -0.4 is 11.1 Å². The number of hydrogen-bond donors (Lipinski definition) is 2. The summed E-state index contributed by atoms with van der Waals surface area (Å²) in [6, 6.07) is 1.76. The first-order valence-corrected chi connectivity index (χ1v) is 4.58. The fourth-order valence-electron chi connectivity index (χ4n) is 1.01. The summed E-state index contributed by atoms with van der Waals surface area (Å²) in [7, 11) is 0. The van der Waals surface area contributed by atoms with Crippen LogP contribution in [0.15, 0.2) is 18.5 Å². The Morgan fingerprint density at radius 2 is 2.07 bits per heavy atom. The van der Waals surface area contributed by atoms with E-state index in [4.69, 9.17) is 5.73 Å². The molecule has 0 aliphatic carbocycles. The van der Waals surface area contributed by atoms with Gasteiger partial charge in [-0.25, -0.2) is 9.97 Å². The van der Waals surface area contributed by atoms with E-state index in [9.17, 15) is 4.79 Å². The number of nitrogens with one attached hydrogen (secondary N) is 1. The van der Waals surface area contributed by atoms with Crippen molar-refractivity contribution in [2.45, 2.75) is 19.3 Å². The fourth-order valence-corrected chi connectivity index (χ4v) is 1.01. The second-order valence-corrected chi connectivity index (χ2v) is 2.92. The molecule has 0 saturated heterocycles. The molecule has 1 aromatic rings. The zero-order chi connectivity index (χ0) is 10.2. The monoisotopic (exact) mass is 194 g/mol. The molecule has 0 unspecified atom stereocenters. The number of nitrogens with two attached hydrogens (primary N) is 1. The first-order chi connectivity index (χ1) is 6.79. The molecule has 1 aromatic heterocycles. The number of carbonyl (C=O) groups excluding carboxylic acids is 1. The van der Waals surface area contributed by atoms with E-state index in [1.54, 1.807) is 18.5 Å². The van der Waals surface area contributed by atoms with Crippen molar-refractivity contribution in [3.63, 3.8) is 0 Å². The molecule has 0 aliphatic rings. The molecule has 14 heavy (non-hydrogen) atoms. The van der Waals surface area contributed by atoms with Crippen molar-refractivity contribution >= 4 is 11.9 Å². The maximum absolute atomic E-state index is 10.4. The molecule has 1 heterocycles. The molecule has 5 heteroatoms. The lowest BCUT2D eigenvalue weighted by atomic mass is 10.2. The van der Waals surface area contributed by atoms with Crippen molar-refractivity contribution in [3.8, 4) is 0 Å². The maximum Gasteiger partial charge on any atom is 0.222 e. The molecule has 0 aromatic carbocycles. The van der Waals surface area contributed by atoms with Crippen LogP contribution >= 0.6 is 0 Å². The van der Waals surface area contributed by atoms with E-state index in [1.165, 1.54) is 0 Å². The van der Waals surface area contributed by atoms with Crippen LogP contribution in [0.5, 0.6) is 0 Å². The Labute approximate surface area is 82.7 Å². The summed E-state index contributed by atoms with van der Waals surface area (Å²) in [6.07, 6.45) is 5.49. The smallest absolute Gasteiger partial charge is 0.222 e. The van der Waals surface area contributed by atoms with Gasteiger partial charge in [-0.1, -0.05) is 0 Å². The van der Waals surface area contributed by atoms with Crippen molar-refractivity contribution in [1.29, 1.82) is 0 Å². The standard InChI is InChI=1S/C9H14N4O/c10-8(14)4-1-2-5-11-9-12-6-3-7-13-9/h3,6-7H,1-2,4-5H2,(H2,10,14)(H,11,12,13). The molecule has 0 aliphatic heterocycles. The van der Waals surface area contributed by atoms with E-state index in [2.05, 4.69) is 15.3 Å². The van der Waals surface area contributed by atoms with Crippen LogP contribution in [0.2, 0.25) is 0 Å². The summed E-state index contributed by atoms with van der Waals surface area (Å²) in [5.74, 6) is 0.368. The number of anilines is 1. The summed E-state index contributed by atoms with van der Waals surface area (Å²) in [5, 5.41) is 3.04. The molecule has 0 saturated carbocycles. The number of hydrogen-bond acceptors (Lipinski definition) is 4. The van der Waals surface area contributed by atoms with Gasteiger partial charge < -0.3 is 11.1 Å². The molecular weight excluding hydrogens is 180 g/mol. The van der Waals surface area contributed by atoms with Crippen molar-refractivity contribution < 1.29 is 4.79 Å². The van der Waals surface area contributed by atoms with Gasteiger partial charge in [-0.3, -0.25) is 4.79 Å². The summed E-state index contributed by atoms with van der Waals surface area (Å²) >= 11 is 0. The summed E-state index contributed by atoms with van der Waals surface area (Å²) in [5.41, 5.74) is 5.00. The number of amides is 1. The van der Waals surface area contributed by atoms with Gasteiger partial charge in [0.2, 0.25) is 11.9 Å². The highest BCUT2D eigenvalue weighted by molar-refractivity contribution is 5.73. The summed E-state index contributed by atoms with van der Waals surface area (Å²) < 4.78 is 0. The molecular formula is C9H14N4O. The third-order valence-electron chi connectivity index (χ3n) is 1.70. The van der Waals surface area contributed by atoms with Crippen LogP contribution in [0.4, 0.5) is 5.95 Å². The lowest BCUT2D eigenvalue weighted by Gasteiger charge is -2.02. The molecule has 76 valence electrons. The van der Waals surface area contributed by atoms with Gasteiger partial charge in [0.15, 0.2) is 0 Å². The topological polar surface area (TPSA) is 80.9 Å². The van der Waals surface area contributed by atoms with Gasteiger partial charge in [0.1, 0.15) is 0 Å². The Hall–Kier alpha value is -1.65. The van der Waals surface area contributed by atoms with Gasteiger partial charge in [0.25, 0.3) is 0 Å². The molecule has 0 bridgehead atoms. The Morgan fingerprint density at radius 1 is 1.36 bits per heavy atom. The molecule has 1 rings (SSSR count). The minimum atomic E-state index is -0.249. The minimum Gasteiger partial charge on any atom is -0.370 e. The van der Waals surface area contributed by atoms with Crippen molar-refractivity contribution in [1.82, 2.24) is 9.97 Å². The number of aromatic nitrogens is 2. The van der Waals surface area contributed by atoms with Crippen LogP contribution in [0, 0.1) is 0 Å². The summed E-state index contributed by atoms with van der Waals surface area (Å²) in [6.45, 7) is 0.761. The molecule has 0 fully saturated rings. The molecule has 3 N–H and O–H groups in total. The van der Waals surface area contributed by atoms with E-state index < -0.39 is 0 Å². The Bertz CT molecular complexity index is 275. The second kappa shape index (κ2) is 5.90.